The minimum Gasteiger partial charge on any atom is -0.355 e. The molecule has 2 amide bonds. The van der Waals surface area contributed by atoms with Crippen molar-refractivity contribution in [2.45, 2.75) is 6.92 Å². The summed E-state index contributed by atoms with van der Waals surface area (Å²) < 4.78 is 1.81. The van der Waals surface area contributed by atoms with Gasteiger partial charge in [-0.2, -0.15) is 0 Å². The molecule has 2 aromatic carbocycles. The minimum absolute atomic E-state index is 0.120. The van der Waals surface area contributed by atoms with Crippen LogP contribution in [0.3, 0.4) is 0 Å². The quantitative estimate of drug-likeness (QED) is 0.377. The van der Waals surface area contributed by atoms with Crippen LogP contribution < -0.4 is 10.6 Å². The summed E-state index contributed by atoms with van der Waals surface area (Å²) >= 11 is 18.9. The third kappa shape index (κ3) is 3.93. The van der Waals surface area contributed by atoms with Gasteiger partial charge >= 0.3 is 0 Å². The molecule has 4 rings (SSSR count). The number of aromatic nitrogens is 2. The molecule has 2 heterocycles. The first kappa shape index (κ1) is 22.1. The Hall–Kier alpha value is -3.06. The van der Waals surface area contributed by atoms with Gasteiger partial charge in [-0.05, 0) is 42.8 Å². The fourth-order valence-corrected chi connectivity index (χ4v) is 4.18. The predicted octanol–water partition coefficient (Wildman–Crippen LogP) is 5.88. The first-order chi connectivity index (χ1) is 15.3. The van der Waals surface area contributed by atoms with Crippen molar-refractivity contribution in [1.29, 1.82) is 0 Å². The van der Waals surface area contributed by atoms with Gasteiger partial charge in [0.1, 0.15) is 0 Å². The van der Waals surface area contributed by atoms with Crippen molar-refractivity contribution in [2.75, 3.05) is 12.4 Å². The van der Waals surface area contributed by atoms with Crippen molar-refractivity contribution >= 4 is 57.8 Å². The van der Waals surface area contributed by atoms with Gasteiger partial charge in [-0.3, -0.25) is 9.59 Å². The Balaban J connectivity index is 1.88. The van der Waals surface area contributed by atoms with Crippen LogP contribution in [-0.4, -0.2) is 28.2 Å². The lowest BCUT2D eigenvalue weighted by Gasteiger charge is -2.17. The molecule has 9 heteroatoms. The summed E-state index contributed by atoms with van der Waals surface area (Å²) in [5.74, 6) is -0.889. The number of carbonyl (C=O) groups is 2. The van der Waals surface area contributed by atoms with Crippen molar-refractivity contribution in [3.8, 4) is 11.3 Å². The van der Waals surface area contributed by atoms with Gasteiger partial charge in [-0.25, -0.2) is 4.98 Å². The third-order valence-electron chi connectivity index (χ3n) is 5.00. The minimum atomic E-state index is -0.512. The fourth-order valence-electron chi connectivity index (χ4n) is 3.51. The fraction of sp³-hybridized carbons (Fsp3) is 0.0870. The number of amides is 2. The topological polar surface area (TPSA) is 75.5 Å². The largest absolute Gasteiger partial charge is 0.355 e. The van der Waals surface area contributed by atoms with Crippen molar-refractivity contribution < 1.29 is 9.59 Å². The Labute approximate surface area is 199 Å². The highest BCUT2D eigenvalue weighted by Gasteiger charge is 2.23. The Morgan fingerprint density at radius 3 is 2.56 bits per heavy atom. The van der Waals surface area contributed by atoms with E-state index in [0.29, 0.717) is 37.6 Å². The Morgan fingerprint density at radius 2 is 1.81 bits per heavy atom. The first-order valence-corrected chi connectivity index (χ1v) is 10.7. The molecular formula is C23H17Cl3N4O2. The van der Waals surface area contributed by atoms with Crippen LogP contribution in [0.2, 0.25) is 15.1 Å². The number of nitrogens with zero attached hydrogens (tertiary/aromatic N) is 2. The van der Waals surface area contributed by atoms with Crippen LogP contribution in [0, 0.1) is 6.92 Å². The second kappa shape index (κ2) is 8.82. The molecule has 162 valence electrons. The molecule has 0 radical (unpaired) electrons. The van der Waals surface area contributed by atoms with Gasteiger partial charge in [0, 0.05) is 23.8 Å². The zero-order valence-electron chi connectivity index (χ0n) is 17.0. The predicted molar refractivity (Wildman–Crippen MR) is 128 cm³/mol. The third-order valence-corrected chi connectivity index (χ3v) is 6.04. The Kier molecular flexibility index (Phi) is 6.11. The molecular weight excluding hydrogens is 471 g/mol. The molecule has 6 nitrogen and oxygen atoms in total. The van der Waals surface area contributed by atoms with E-state index >= 15 is 0 Å². The van der Waals surface area contributed by atoms with Crippen molar-refractivity contribution in [1.82, 2.24) is 14.7 Å². The van der Waals surface area contributed by atoms with E-state index in [1.54, 1.807) is 37.4 Å². The van der Waals surface area contributed by atoms with E-state index in [9.17, 15) is 9.59 Å². The summed E-state index contributed by atoms with van der Waals surface area (Å²) in [6.07, 6.45) is 3.40. The van der Waals surface area contributed by atoms with E-state index in [4.69, 9.17) is 34.8 Å². The monoisotopic (exact) mass is 486 g/mol. The van der Waals surface area contributed by atoms with Crippen LogP contribution in [0.4, 0.5) is 5.69 Å². The highest BCUT2D eigenvalue weighted by atomic mass is 35.5. The molecule has 0 aliphatic carbocycles. The van der Waals surface area contributed by atoms with E-state index in [1.807, 2.05) is 22.7 Å². The summed E-state index contributed by atoms with van der Waals surface area (Å²) in [6.45, 7) is 1.76. The molecule has 0 atom stereocenters. The van der Waals surface area contributed by atoms with Crippen molar-refractivity contribution in [2.24, 2.45) is 0 Å². The van der Waals surface area contributed by atoms with Crippen LogP contribution >= 0.6 is 34.8 Å². The lowest BCUT2D eigenvalue weighted by Crippen LogP contribution is -2.23. The highest BCUT2D eigenvalue weighted by molar-refractivity contribution is 6.43. The van der Waals surface area contributed by atoms with E-state index in [2.05, 4.69) is 15.6 Å². The molecule has 0 fully saturated rings. The molecule has 2 N–H and O–H groups in total. The molecule has 0 saturated carbocycles. The second-order valence-electron chi connectivity index (χ2n) is 7.04. The number of carbonyl (C=O) groups excluding carboxylic acids is 2. The summed E-state index contributed by atoms with van der Waals surface area (Å²) in [4.78, 5) is 30.2. The second-order valence-corrected chi connectivity index (χ2v) is 8.26. The van der Waals surface area contributed by atoms with Crippen LogP contribution in [-0.2, 0) is 0 Å². The summed E-state index contributed by atoms with van der Waals surface area (Å²) in [5, 5.41) is 6.44. The Bertz CT molecular complexity index is 1380. The van der Waals surface area contributed by atoms with Crippen LogP contribution in [0.25, 0.3) is 16.8 Å². The van der Waals surface area contributed by atoms with Crippen molar-refractivity contribution in [3.05, 3.63) is 86.7 Å². The number of hydrogen-bond acceptors (Lipinski definition) is 3. The van der Waals surface area contributed by atoms with Gasteiger partial charge in [-0.1, -0.05) is 46.9 Å². The van der Waals surface area contributed by atoms with Gasteiger partial charge in [-0.15, -0.1) is 0 Å². The number of aryl methyl sites for hydroxylation is 1. The molecule has 0 unspecified atom stereocenters. The smallest absolute Gasteiger partial charge is 0.276 e. The first-order valence-electron chi connectivity index (χ1n) is 9.56. The lowest BCUT2D eigenvalue weighted by atomic mass is 10.1. The van der Waals surface area contributed by atoms with E-state index in [0.717, 1.165) is 5.52 Å². The lowest BCUT2D eigenvalue weighted by molar-refractivity contribution is 0.0964. The zero-order chi connectivity index (χ0) is 23.0. The normalized spacial score (nSPS) is 10.9. The molecule has 0 spiro atoms. The zero-order valence-corrected chi connectivity index (χ0v) is 19.3. The maximum Gasteiger partial charge on any atom is 0.276 e. The molecule has 0 aliphatic rings. The Morgan fingerprint density at radius 1 is 1.03 bits per heavy atom. The van der Waals surface area contributed by atoms with Crippen LogP contribution in [0.1, 0.15) is 26.4 Å². The molecule has 4 aromatic rings. The van der Waals surface area contributed by atoms with Gasteiger partial charge in [0.15, 0.2) is 5.69 Å². The van der Waals surface area contributed by atoms with Crippen LogP contribution in [0.5, 0.6) is 0 Å². The van der Waals surface area contributed by atoms with E-state index in [-0.39, 0.29) is 17.2 Å². The molecule has 0 aliphatic heterocycles. The number of halogens is 3. The maximum absolute atomic E-state index is 13.4. The summed E-state index contributed by atoms with van der Waals surface area (Å²) in [7, 11) is 1.50. The summed E-state index contributed by atoms with van der Waals surface area (Å²) in [5.41, 5.74) is 3.15. The molecule has 2 aromatic heterocycles. The number of benzene rings is 2. The van der Waals surface area contributed by atoms with E-state index in [1.165, 1.54) is 13.1 Å². The van der Waals surface area contributed by atoms with Crippen molar-refractivity contribution in [3.63, 3.8) is 0 Å². The van der Waals surface area contributed by atoms with E-state index < -0.39 is 5.91 Å². The average Bonchev–Trinajstić information content (AvgIpc) is 3.25. The van der Waals surface area contributed by atoms with Gasteiger partial charge in [0.2, 0.25) is 0 Å². The molecule has 32 heavy (non-hydrogen) atoms. The van der Waals surface area contributed by atoms with Gasteiger partial charge < -0.3 is 15.0 Å². The molecule has 0 saturated heterocycles. The number of rotatable bonds is 4. The highest BCUT2D eigenvalue weighted by Crippen LogP contribution is 2.36. The number of fused-ring (bicyclic) bond motifs is 1. The van der Waals surface area contributed by atoms with Crippen LogP contribution in [0.15, 0.2) is 54.9 Å². The number of nitrogens with one attached hydrogen (secondary N) is 2. The van der Waals surface area contributed by atoms with Gasteiger partial charge in [0.05, 0.1) is 38.7 Å². The average molecular weight is 488 g/mol. The number of anilines is 1. The summed E-state index contributed by atoms with van der Waals surface area (Å²) in [6, 6.07) is 12.1. The molecule has 0 bridgehead atoms. The standard InChI is InChI=1S/C23H17Cl3N4O2/c1-12-9-13(24)10-16(22(31)27-2)19(12)29-23(32)20-21(15-6-3-7-17(25)18(15)26)30-8-4-5-14(30)11-28-20/h3-11H,1-2H3,(H,27,31)(H,29,32). The number of hydrogen-bond donors (Lipinski definition) is 2. The van der Waals surface area contributed by atoms with Gasteiger partial charge in [0.25, 0.3) is 11.8 Å². The maximum atomic E-state index is 13.4. The SMILES string of the molecule is CNC(=O)c1cc(Cl)cc(C)c1NC(=O)c1ncc2cccn2c1-c1cccc(Cl)c1Cl.